The Kier molecular flexibility index (Phi) is 6.75. The SMILES string of the molecule is CCC(C)N(CCOC)CC(=O)c1c(F)cccc1F. The number of ketones is 1. The second-order valence-corrected chi connectivity index (χ2v) is 4.74. The van der Waals surface area contributed by atoms with Crippen LogP contribution in [0.2, 0.25) is 0 Å². The number of ether oxygens (including phenoxy) is 1. The standard InChI is InChI=1S/C15H21F2NO2/c1-4-11(2)18(8-9-20-3)10-14(19)15-12(16)6-5-7-13(15)17/h5-7,11H,4,8-10H2,1-3H3. The van der Waals surface area contributed by atoms with Gasteiger partial charge in [0.25, 0.3) is 0 Å². The Hall–Kier alpha value is -1.33. The van der Waals surface area contributed by atoms with Crippen LogP contribution in [0.5, 0.6) is 0 Å². The zero-order valence-corrected chi connectivity index (χ0v) is 12.2. The molecule has 0 aromatic heterocycles. The summed E-state index contributed by atoms with van der Waals surface area (Å²) < 4.78 is 32.2. The van der Waals surface area contributed by atoms with Crippen molar-refractivity contribution in [3.8, 4) is 0 Å². The fourth-order valence-electron chi connectivity index (χ4n) is 1.95. The number of hydrogen-bond donors (Lipinski definition) is 0. The van der Waals surface area contributed by atoms with Crippen LogP contribution in [0.4, 0.5) is 8.78 Å². The summed E-state index contributed by atoms with van der Waals surface area (Å²) in [5.74, 6) is -2.17. The number of Topliss-reactive ketones (excluding diaryl/α,β-unsaturated/α-hetero) is 1. The van der Waals surface area contributed by atoms with Gasteiger partial charge in [0.2, 0.25) is 0 Å². The van der Waals surface area contributed by atoms with Gasteiger partial charge in [-0.15, -0.1) is 0 Å². The van der Waals surface area contributed by atoms with Gasteiger partial charge in [-0.1, -0.05) is 13.0 Å². The van der Waals surface area contributed by atoms with Crippen LogP contribution in [0.25, 0.3) is 0 Å². The van der Waals surface area contributed by atoms with Crippen molar-refractivity contribution in [3.05, 3.63) is 35.4 Å². The van der Waals surface area contributed by atoms with Crippen LogP contribution >= 0.6 is 0 Å². The molecule has 0 N–H and O–H groups in total. The molecule has 1 rings (SSSR count). The molecule has 0 heterocycles. The number of rotatable bonds is 8. The lowest BCUT2D eigenvalue weighted by atomic mass is 10.1. The van der Waals surface area contributed by atoms with Gasteiger partial charge in [0, 0.05) is 19.7 Å². The molecule has 20 heavy (non-hydrogen) atoms. The quantitative estimate of drug-likeness (QED) is 0.688. The molecule has 0 aliphatic heterocycles. The van der Waals surface area contributed by atoms with Crippen LogP contribution in [-0.4, -0.2) is 43.5 Å². The van der Waals surface area contributed by atoms with Crippen LogP contribution < -0.4 is 0 Å². The highest BCUT2D eigenvalue weighted by atomic mass is 19.1. The monoisotopic (exact) mass is 285 g/mol. The molecule has 112 valence electrons. The van der Waals surface area contributed by atoms with Gasteiger partial charge in [0.05, 0.1) is 18.7 Å². The van der Waals surface area contributed by atoms with Crippen LogP contribution in [-0.2, 0) is 4.74 Å². The maximum atomic E-state index is 13.6. The fraction of sp³-hybridized carbons (Fsp3) is 0.533. The first-order valence-corrected chi connectivity index (χ1v) is 6.71. The van der Waals surface area contributed by atoms with Gasteiger partial charge in [-0.25, -0.2) is 8.78 Å². The van der Waals surface area contributed by atoms with Gasteiger partial charge in [0.15, 0.2) is 5.78 Å². The lowest BCUT2D eigenvalue weighted by Gasteiger charge is -2.27. The summed E-state index contributed by atoms with van der Waals surface area (Å²) in [4.78, 5) is 14.0. The topological polar surface area (TPSA) is 29.5 Å². The lowest BCUT2D eigenvalue weighted by Crippen LogP contribution is -2.39. The van der Waals surface area contributed by atoms with E-state index in [0.717, 1.165) is 18.6 Å². The predicted molar refractivity (Wildman–Crippen MR) is 73.9 cm³/mol. The lowest BCUT2D eigenvalue weighted by molar-refractivity contribution is 0.0827. The summed E-state index contributed by atoms with van der Waals surface area (Å²) in [6.07, 6.45) is 0.844. The van der Waals surface area contributed by atoms with Gasteiger partial charge < -0.3 is 4.74 Å². The third-order valence-corrected chi connectivity index (χ3v) is 3.39. The van der Waals surface area contributed by atoms with E-state index in [1.54, 1.807) is 7.11 Å². The first-order chi connectivity index (χ1) is 9.51. The number of hydrogen-bond acceptors (Lipinski definition) is 3. The van der Waals surface area contributed by atoms with Crippen molar-refractivity contribution in [2.24, 2.45) is 0 Å². The van der Waals surface area contributed by atoms with E-state index >= 15 is 0 Å². The Morgan fingerprint density at radius 2 is 1.95 bits per heavy atom. The van der Waals surface area contributed by atoms with Crippen molar-refractivity contribution < 1.29 is 18.3 Å². The van der Waals surface area contributed by atoms with E-state index < -0.39 is 23.0 Å². The maximum Gasteiger partial charge on any atom is 0.182 e. The van der Waals surface area contributed by atoms with E-state index in [4.69, 9.17) is 4.74 Å². The Balaban J connectivity index is 2.84. The summed E-state index contributed by atoms with van der Waals surface area (Å²) in [6, 6.07) is 3.58. The normalized spacial score (nSPS) is 12.7. The number of nitrogens with zero attached hydrogens (tertiary/aromatic N) is 1. The zero-order valence-electron chi connectivity index (χ0n) is 12.2. The summed E-state index contributed by atoms with van der Waals surface area (Å²) in [5.41, 5.74) is -0.460. The summed E-state index contributed by atoms with van der Waals surface area (Å²) in [5, 5.41) is 0. The molecular formula is C15H21F2NO2. The first-order valence-electron chi connectivity index (χ1n) is 6.71. The Morgan fingerprint density at radius 3 is 2.45 bits per heavy atom. The Morgan fingerprint density at radius 1 is 1.35 bits per heavy atom. The fourth-order valence-corrected chi connectivity index (χ4v) is 1.95. The van der Waals surface area contributed by atoms with Crippen molar-refractivity contribution in [1.82, 2.24) is 4.90 Å². The molecule has 1 unspecified atom stereocenters. The van der Waals surface area contributed by atoms with Gasteiger partial charge in [-0.2, -0.15) is 0 Å². The average molecular weight is 285 g/mol. The number of carbonyl (C=O) groups excluding carboxylic acids is 1. The molecule has 1 aromatic rings. The molecule has 1 atom stereocenters. The summed E-state index contributed by atoms with van der Waals surface area (Å²) in [7, 11) is 1.58. The van der Waals surface area contributed by atoms with Crippen LogP contribution in [0, 0.1) is 11.6 Å². The second-order valence-electron chi connectivity index (χ2n) is 4.74. The molecule has 3 nitrogen and oxygen atoms in total. The van der Waals surface area contributed by atoms with Crippen molar-refractivity contribution in [1.29, 1.82) is 0 Å². The third-order valence-electron chi connectivity index (χ3n) is 3.39. The molecule has 0 amide bonds. The number of halogens is 2. The molecule has 0 radical (unpaired) electrons. The minimum atomic E-state index is -0.814. The summed E-state index contributed by atoms with van der Waals surface area (Å²) in [6.45, 7) is 4.97. The molecule has 0 spiro atoms. The maximum absolute atomic E-state index is 13.6. The van der Waals surface area contributed by atoms with E-state index in [2.05, 4.69) is 0 Å². The minimum Gasteiger partial charge on any atom is -0.383 e. The van der Waals surface area contributed by atoms with Crippen LogP contribution in [0.3, 0.4) is 0 Å². The first kappa shape index (κ1) is 16.7. The molecule has 0 aliphatic carbocycles. The number of benzene rings is 1. The highest BCUT2D eigenvalue weighted by Gasteiger charge is 2.21. The van der Waals surface area contributed by atoms with E-state index in [1.807, 2.05) is 18.7 Å². The average Bonchev–Trinajstić information content (AvgIpc) is 2.42. The van der Waals surface area contributed by atoms with Crippen molar-refractivity contribution in [3.63, 3.8) is 0 Å². The highest BCUT2D eigenvalue weighted by molar-refractivity contribution is 5.98. The third kappa shape index (κ3) is 4.35. The van der Waals surface area contributed by atoms with Crippen molar-refractivity contribution in [2.45, 2.75) is 26.3 Å². The Bertz CT molecular complexity index is 431. The van der Waals surface area contributed by atoms with Gasteiger partial charge >= 0.3 is 0 Å². The van der Waals surface area contributed by atoms with E-state index in [1.165, 1.54) is 6.07 Å². The van der Waals surface area contributed by atoms with E-state index in [9.17, 15) is 13.6 Å². The smallest absolute Gasteiger partial charge is 0.182 e. The largest absolute Gasteiger partial charge is 0.383 e. The molecule has 0 bridgehead atoms. The predicted octanol–water partition coefficient (Wildman–Crippen LogP) is 2.89. The van der Waals surface area contributed by atoms with Crippen molar-refractivity contribution >= 4 is 5.78 Å². The molecule has 0 saturated heterocycles. The zero-order chi connectivity index (χ0) is 15.1. The number of carbonyl (C=O) groups is 1. The van der Waals surface area contributed by atoms with Crippen LogP contribution in [0.15, 0.2) is 18.2 Å². The van der Waals surface area contributed by atoms with Crippen molar-refractivity contribution in [2.75, 3.05) is 26.8 Å². The van der Waals surface area contributed by atoms with Gasteiger partial charge in [-0.05, 0) is 25.5 Å². The number of methoxy groups -OCH3 is 1. The molecule has 1 aromatic carbocycles. The molecule has 0 aliphatic rings. The van der Waals surface area contributed by atoms with Gasteiger partial charge in [-0.3, -0.25) is 9.69 Å². The molecule has 0 fully saturated rings. The minimum absolute atomic E-state index is 0.0176. The van der Waals surface area contributed by atoms with E-state index in [-0.39, 0.29) is 12.6 Å². The summed E-state index contributed by atoms with van der Waals surface area (Å²) >= 11 is 0. The molecular weight excluding hydrogens is 264 g/mol. The second kappa shape index (κ2) is 8.07. The van der Waals surface area contributed by atoms with E-state index in [0.29, 0.717) is 13.2 Å². The highest BCUT2D eigenvalue weighted by Crippen LogP contribution is 2.14. The van der Waals surface area contributed by atoms with Crippen LogP contribution in [0.1, 0.15) is 30.6 Å². The molecule has 5 heteroatoms. The van der Waals surface area contributed by atoms with Gasteiger partial charge in [0.1, 0.15) is 11.6 Å². The Labute approximate surface area is 118 Å². The molecule has 0 saturated carbocycles.